The number of benzene rings is 3. The lowest BCUT2D eigenvalue weighted by molar-refractivity contribution is 0.0575. The van der Waals surface area contributed by atoms with Crippen LogP contribution >= 0.6 is 11.6 Å². The van der Waals surface area contributed by atoms with Crippen LogP contribution in [0.2, 0.25) is 5.02 Å². The van der Waals surface area contributed by atoms with Crippen molar-refractivity contribution >= 4 is 17.5 Å². The van der Waals surface area contributed by atoms with Crippen molar-refractivity contribution in [2.24, 2.45) is 5.73 Å². The van der Waals surface area contributed by atoms with Crippen molar-refractivity contribution in [3.05, 3.63) is 82.9 Å². The topological polar surface area (TPSA) is 70.1 Å². The fourth-order valence-electron chi connectivity index (χ4n) is 5.22. The van der Waals surface area contributed by atoms with Gasteiger partial charge in [0.05, 0.1) is 11.6 Å². The Bertz CT molecular complexity index is 1180. The van der Waals surface area contributed by atoms with Crippen molar-refractivity contribution in [1.29, 1.82) is 5.26 Å². The highest BCUT2D eigenvalue weighted by atomic mass is 35.5. The minimum atomic E-state index is 0.0851. The molecule has 0 aromatic heterocycles. The van der Waals surface area contributed by atoms with Crippen LogP contribution in [0.3, 0.4) is 0 Å². The van der Waals surface area contributed by atoms with Gasteiger partial charge in [0.25, 0.3) is 5.91 Å². The number of carbonyl (C=O) groups excluding carboxylic acids is 1. The first-order valence-electron chi connectivity index (χ1n) is 11.0. The van der Waals surface area contributed by atoms with Crippen LogP contribution in [-0.2, 0) is 0 Å². The Balaban J connectivity index is 1.57. The minimum Gasteiger partial charge on any atom is -0.333 e. The van der Waals surface area contributed by atoms with Crippen molar-refractivity contribution < 1.29 is 4.79 Å². The van der Waals surface area contributed by atoms with E-state index < -0.39 is 0 Å². The number of nitriles is 1. The molecule has 160 valence electrons. The molecule has 2 saturated heterocycles. The van der Waals surface area contributed by atoms with Gasteiger partial charge in [0.2, 0.25) is 0 Å². The molecule has 2 aliphatic rings. The number of rotatable bonds is 3. The van der Waals surface area contributed by atoms with Gasteiger partial charge in [-0.2, -0.15) is 5.26 Å². The van der Waals surface area contributed by atoms with E-state index in [9.17, 15) is 10.1 Å². The molecule has 3 atom stereocenters. The lowest BCUT2D eigenvalue weighted by Crippen LogP contribution is -2.50. The Morgan fingerprint density at radius 3 is 2.12 bits per heavy atom. The van der Waals surface area contributed by atoms with Crippen LogP contribution < -0.4 is 5.73 Å². The highest BCUT2D eigenvalue weighted by Crippen LogP contribution is 2.38. The van der Waals surface area contributed by atoms with Gasteiger partial charge < -0.3 is 10.6 Å². The number of carbonyl (C=O) groups is 1. The molecule has 0 saturated carbocycles. The first kappa shape index (κ1) is 20.8. The van der Waals surface area contributed by atoms with Crippen LogP contribution in [0.1, 0.15) is 41.6 Å². The Hall–Kier alpha value is -3.13. The van der Waals surface area contributed by atoms with Crippen molar-refractivity contribution in [3.63, 3.8) is 0 Å². The van der Waals surface area contributed by atoms with Gasteiger partial charge in [-0.1, -0.05) is 41.9 Å². The second kappa shape index (κ2) is 8.43. The molecule has 2 heterocycles. The maximum Gasteiger partial charge on any atom is 0.254 e. The van der Waals surface area contributed by atoms with Gasteiger partial charge >= 0.3 is 0 Å². The molecule has 2 N–H and O–H groups in total. The standard InChI is InChI=1S/C27H24ClN3O/c28-21-8-5-18(6-9-21)25-12-7-20(13-26(25)19-3-1-17(16-29)2-4-19)27(32)31-23-10-11-24(31)15-22(30)14-23/h1-9,12-13,22-24H,10-11,14-15,30H2/t22-,23-,24+. The molecule has 3 aromatic carbocycles. The second-order valence-electron chi connectivity index (χ2n) is 8.79. The lowest BCUT2D eigenvalue weighted by Gasteiger charge is -2.38. The van der Waals surface area contributed by atoms with Gasteiger partial charge in [0, 0.05) is 28.7 Å². The SMILES string of the molecule is N#Cc1ccc(-c2cc(C(=O)N3[C@@H]4CC[C@H]3C[C@H](N)C4)ccc2-c2ccc(Cl)cc2)cc1. The molecular weight excluding hydrogens is 418 g/mol. The first-order valence-corrected chi connectivity index (χ1v) is 11.4. The van der Waals surface area contributed by atoms with Crippen molar-refractivity contribution in [2.75, 3.05) is 0 Å². The van der Waals surface area contributed by atoms with E-state index in [1.807, 2.05) is 66.7 Å². The van der Waals surface area contributed by atoms with E-state index in [4.69, 9.17) is 17.3 Å². The van der Waals surface area contributed by atoms with Crippen LogP contribution in [0.15, 0.2) is 66.7 Å². The van der Waals surface area contributed by atoms with Crippen molar-refractivity contribution in [2.45, 2.75) is 43.8 Å². The number of hydrogen-bond donors (Lipinski definition) is 1. The third-order valence-corrected chi connectivity index (χ3v) is 7.00. The predicted molar refractivity (Wildman–Crippen MR) is 127 cm³/mol. The van der Waals surface area contributed by atoms with Gasteiger partial charge in [-0.3, -0.25) is 4.79 Å². The maximum absolute atomic E-state index is 13.6. The van der Waals surface area contributed by atoms with E-state index in [0.717, 1.165) is 47.9 Å². The molecule has 4 nitrogen and oxygen atoms in total. The van der Waals surface area contributed by atoms with Crippen LogP contribution in [-0.4, -0.2) is 28.9 Å². The maximum atomic E-state index is 13.6. The number of fused-ring (bicyclic) bond motifs is 2. The van der Waals surface area contributed by atoms with Crippen LogP contribution in [0.4, 0.5) is 0 Å². The van der Waals surface area contributed by atoms with E-state index in [2.05, 4.69) is 11.0 Å². The predicted octanol–water partition coefficient (Wildman–Crippen LogP) is 5.64. The number of nitrogens with zero attached hydrogens (tertiary/aromatic N) is 2. The van der Waals surface area contributed by atoms with E-state index >= 15 is 0 Å². The second-order valence-corrected chi connectivity index (χ2v) is 9.22. The molecule has 3 aromatic rings. The van der Waals surface area contributed by atoms with E-state index in [1.54, 1.807) is 0 Å². The fourth-order valence-corrected chi connectivity index (χ4v) is 5.35. The molecule has 2 aliphatic heterocycles. The third-order valence-electron chi connectivity index (χ3n) is 6.75. The van der Waals surface area contributed by atoms with Gasteiger partial charge in [-0.05, 0) is 84.3 Å². The molecule has 0 unspecified atom stereocenters. The van der Waals surface area contributed by atoms with Crippen LogP contribution in [0.25, 0.3) is 22.3 Å². The Morgan fingerprint density at radius 2 is 1.50 bits per heavy atom. The zero-order chi connectivity index (χ0) is 22.2. The molecule has 1 amide bonds. The van der Waals surface area contributed by atoms with Crippen LogP contribution in [0.5, 0.6) is 0 Å². The minimum absolute atomic E-state index is 0.0851. The van der Waals surface area contributed by atoms with Gasteiger partial charge in [-0.15, -0.1) is 0 Å². The summed E-state index contributed by atoms with van der Waals surface area (Å²) < 4.78 is 0. The molecule has 32 heavy (non-hydrogen) atoms. The molecule has 0 radical (unpaired) electrons. The average molecular weight is 442 g/mol. The van der Waals surface area contributed by atoms with Crippen molar-refractivity contribution in [3.8, 4) is 28.3 Å². The largest absolute Gasteiger partial charge is 0.333 e. The molecule has 0 aliphatic carbocycles. The number of hydrogen-bond acceptors (Lipinski definition) is 3. The van der Waals surface area contributed by atoms with Crippen molar-refractivity contribution in [1.82, 2.24) is 4.90 Å². The number of piperidine rings is 1. The number of halogens is 1. The van der Waals surface area contributed by atoms with Gasteiger partial charge in [0.15, 0.2) is 0 Å². The van der Waals surface area contributed by atoms with E-state index in [1.165, 1.54) is 0 Å². The normalized spacial score (nSPS) is 21.9. The van der Waals surface area contributed by atoms with E-state index in [-0.39, 0.29) is 24.0 Å². The Morgan fingerprint density at radius 1 is 0.906 bits per heavy atom. The molecule has 2 fully saturated rings. The third kappa shape index (κ3) is 3.79. The highest BCUT2D eigenvalue weighted by Gasteiger charge is 2.42. The molecule has 5 heteroatoms. The Kier molecular flexibility index (Phi) is 5.46. The summed E-state index contributed by atoms with van der Waals surface area (Å²) in [5.74, 6) is 0.0851. The monoisotopic (exact) mass is 441 g/mol. The molecule has 2 bridgehead atoms. The number of amides is 1. The summed E-state index contributed by atoms with van der Waals surface area (Å²) in [5.41, 5.74) is 11.5. The summed E-state index contributed by atoms with van der Waals surface area (Å²) in [4.78, 5) is 15.6. The molecule has 0 spiro atoms. The molecule has 5 rings (SSSR count). The lowest BCUT2D eigenvalue weighted by atomic mass is 9.91. The zero-order valence-corrected chi connectivity index (χ0v) is 18.4. The summed E-state index contributed by atoms with van der Waals surface area (Å²) in [6, 6.07) is 24.0. The highest BCUT2D eigenvalue weighted by molar-refractivity contribution is 6.30. The molecular formula is C27H24ClN3O. The first-order chi connectivity index (χ1) is 15.5. The van der Waals surface area contributed by atoms with E-state index in [0.29, 0.717) is 16.1 Å². The average Bonchev–Trinajstić information content (AvgIpc) is 3.09. The van der Waals surface area contributed by atoms with Crippen LogP contribution in [0, 0.1) is 11.3 Å². The smallest absolute Gasteiger partial charge is 0.254 e. The van der Waals surface area contributed by atoms with Gasteiger partial charge in [0.1, 0.15) is 0 Å². The summed E-state index contributed by atoms with van der Waals surface area (Å²) in [5, 5.41) is 9.85. The summed E-state index contributed by atoms with van der Waals surface area (Å²) >= 11 is 6.10. The quantitative estimate of drug-likeness (QED) is 0.571. The fraction of sp³-hybridized carbons (Fsp3) is 0.259. The summed E-state index contributed by atoms with van der Waals surface area (Å²) in [6.07, 6.45) is 3.84. The zero-order valence-electron chi connectivity index (χ0n) is 17.7. The number of nitrogens with two attached hydrogens (primary N) is 1. The Labute approximate surface area is 193 Å². The summed E-state index contributed by atoms with van der Waals surface area (Å²) in [6.45, 7) is 0. The van der Waals surface area contributed by atoms with Gasteiger partial charge in [-0.25, -0.2) is 0 Å². The summed E-state index contributed by atoms with van der Waals surface area (Å²) in [7, 11) is 0.